The summed E-state index contributed by atoms with van der Waals surface area (Å²) >= 11 is 5.84. The minimum absolute atomic E-state index is 0.0363. The Morgan fingerprint density at radius 1 is 1.12 bits per heavy atom. The molecule has 174 valence electrons. The van der Waals surface area contributed by atoms with Crippen LogP contribution in [0.5, 0.6) is 0 Å². The number of carboxylic acid groups (broad SMARTS) is 1. The second-order valence-corrected chi connectivity index (χ2v) is 8.33. The van der Waals surface area contributed by atoms with Crippen molar-refractivity contribution in [3.8, 4) is 11.3 Å². The molecule has 2 aromatic carbocycles. The number of nitrogens with zero attached hydrogens (tertiary/aromatic N) is 1. The van der Waals surface area contributed by atoms with E-state index in [1.165, 1.54) is 18.2 Å². The van der Waals surface area contributed by atoms with Crippen LogP contribution in [0.1, 0.15) is 40.1 Å². The van der Waals surface area contributed by atoms with Crippen LogP contribution in [0.3, 0.4) is 0 Å². The molecule has 9 heteroatoms. The summed E-state index contributed by atoms with van der Waals surface area (Å²) < 4.78 is 33.4. The normalized spacial score (nSPS) is 12.1. The molecule has 0 spiro atoms. The Bertz CT molecular complexity index is 1520. The van der Waals surface area contributed by atoms with Gasteiger partial charge in [-0.3, -0.25) is 4.79 Å². The molecule has 4 rings (SSSR count). The number of halogens is 3. The van der Waals surface area contributed by atoms with Crippen LogP contribution in [0, 0.1) is 25.5 Å². The molecule has 0 aliphatic carbocycles. The van der Waals surface area contributed by atoms with Crippen molar-refractivity contribution in [3.63, 3.8) is 0 Å². The first-order chi connectivity index (χ1) is 16.1. The lowest BCUT2D eigenvalue weighted by Gasteiger charge is -2.19. The summed E-state index contributed by atoms with van der Waals surface area (Å²) in [6.07, 6.45) is 0. The first-order valence-corrected chi connectivity index (χ1v) is 10.6. The maximum atomic E-state index is 13.9. The van der Waals surface area contributed by atoms with Crippen LogP contribution in [-0.4, -0.2) is 16.1 Å². The maximum Gasteiger partial charge on any atom is 0.356 e. The fourth-order valence-corrected chi connectivity index (χ4v) is 3.98. The molecule has 0 aliphatic heterocycles. The summed E-state index contributed by atoms with van der Waals surface area (Å²) in [5.74, 6) is -3.21. The van der Waals surface area contributed by atoms with Gasteiger partial charge in [0.05, 0.1) is 17.1 Å². The minimum Gasteiger partial charge on any atom is -0.476 e. The second-order valence-electron chi connectivity index (χ2n) is 7.95. The third kappa shape index (κ3) is 4.24. The lowest BCUT2D eigenvalue weighted by atomic mass is 9.98. The molecule has 0 bridgehead atoms. The average molecular weight is 485 g/mol. The van der Waals surface area contributed by atoms with Gasteiger partial charge in [0.25, 0.3) is 0 Å². The van der Waals surface area contributed by atoms with Crippen molar-refractivity contribution in [2.24, 2.45) is 0 Å². The second kappa shape index (κ2) is 8.87. The zero-order chi connectivity index (χ0) is 24.7. The Morgan fingerprint density at radius 3 is 2.53 bits per heavy atom. The van der Waals surface area contributed by atoms with Crippen LogP contribution in [0.15, 0.2) is 51.7 Å². The highest BCUT2D eigenvalue weighted by Crippen LogP contribution is 2.33. The van der Waals surface area contributed by atoms with E-state index >= 15 is 0 Å². The van der Waals surface area contributed by atoms with Gasteiger partial charge in [0.2, 0.25) is 0 Å². The van der Waals surface area contributed by atoms with Crippen molar-refractivity contribution in [1.82, 2.24) is 4.98 Å². The van der Waals surface area contributed by atoms with E-state index in [2.05, 4.69) is 10.3 Å². The molecule has 6 nitrogen and oxygen atoms in total. The van der Waals surface area contributed by atoms with Gasteiger partial charge in [-0.15, -0.1) is 0 Å². The number of hydrogen-bond donors (Lipinski definition) is 2. The first-order valence-electron chi connectivity index (χ1n) is 10.3. The quantitative estimate of drug-likeness (QED) is 0.324. The smallest absolute Gasteiger partial charge is 0.356 e. The zero-order valence-electron chi connectivity index (χ0n) is 18.4. The number of nitrogens with one attached hydrogen (secondary N) is 1. The van der Waals surface area contributed by atoms with Gasteiger partial charge in [-0.1, -0.05) is 17.7 Å². The van der Waals surface area contributed by atoms with Gasteiger partial charge in [0.15, 0.2) is 22.8 Å². The van der Waals surface area contributed by atoms with Crippen LogP contribution in [-0.2, 0) is 0 Å². The summed E-state index contributed by atoms with van der Waals surface area (Å²) in [6.45, 7) is 5.15. The first kappa shape index (κ1) is 23.4. The Hall–Kier alpha value is -3.78. The number of carbonyl (C=O) groups is 1. The van der Waals surface area contributed by atoms with Crippen LogP contribution in [0.4, 0.5) is 14.5 Å². The predicted octanol–water partition coefficient (Wildman–Crippen LogP) is 6.27. The highest BCUT2D eigenvalue weighted by atomic mass is 35.5. The van der Waals surface area contributed by atoms with E-state index in [9.17, 15) is 23.5 Å². The summed E-state index contributed by atoms with van der Waals surface area (Å²) in [4.78, 5) is 28.7. The van der Waals surface area contributed by atoms with Crippen LogP contribution >= 0.6 is 11.6 Å². The Labute approximate surface area is 197 Å². The Morgan fingerprint density at radius 2 is 1.85 bits per heavy atom. The SMILES string of the molecule is Cc1cc([C@@H](C)Nc2ccc(Cl)nc2C(=O)O)c2oc(-c3ccc(F)c(F)c3)c(C)c(=O)c2c1. The topological polar surface area (TPSA) is 92.4 Å². The van der Waals surface area contributed by atoms with E-state index in [4.69, 9.17) is 16.0 Å². The van der Waals surface area contributed by atoms with E-state index in [0.29, 0.717) is 10.9 Å². The molecule has 1 atom stereocenters. The minimum atomic E-state index is -1.26. The molecule has 0 saturated carbocycles. The summed E-state index contributed by atoms with van der Waals surface area (Å²) in [6, 6.07) is 9.21. The molecular weight excluding hydrogens is 466 g/mol. The number of carboxylic acids is 1. The van der Waals surface area contributed by atoms with Crippen molar-refractivity contribution in [2.75, 3.05) is 5.32 Å². The van der Waals surface area contributed by atoms with Crippen molar-refractivity contribution < 1.29 is 23.1 Å². The zero-order valence-corrected chi connectivity index (χ0v) is 19.1. The molecule has 2 aromatic heterocycles. The van der Waals surface area contributed by atoms with Gasteiger partial charge in [-0.05, 0) is 62.7 Å². The van der Waals surface area contributed by atoms with Crippen molar-refractivity contribution in [1.29, 1.82) is 0 Å². The third-order valence-electron chi connectivity index (χ3n) is 5.48. The molecule has 0 radical (unpaired) electrons. The third-order valence-corrected chi connectivity index (χ3v) is 5.69. The highest BCUT2D eigenvalue weighted by Gasteiger charge is 2.21. The van der Waals surface area contributed by atoms with Crippen LogP contribution < -0.4 is 10.7 Å². The summed E-state index contributed by atoms with van der Waals surface area (Å²) in [7, 11) is 0. The number of hydrogen-bond acceptors (Lipinski definition) is 5. The van der Waals surface area contributed by atoms with E-state index < -0.39 is 23.6 Å². The number of benzene rings is 2. The van der Waals surface area contributed by atoms with E-state index in [1.807, 2.05) is 6.92 Å². The number of aryl methyl sites for hydroxylation is 1. The average Bonchev–Trinajstić information content (AvgIpc) is 2.79. The standard InChI is InChI=1S/C25H19ClF2N2O4/c1-11-8-15(13(3)29-19-6-7-20(26)30-21(19)25(32)33)24-16(9-11)22(31)12(2)23(34-24)14-4-5-17(27)18(28)10-14/h4-10,13,29H,1-3H3,(H,32,33)/t13-/m1/s1. The number of pyridine rings is 1. The largest absolute Gasteiger partial charge is 0.476 e. The monoisotopic (exact) mass is 484 g/mol. The fourth-order valence-electron chi connectivity index (χ4n) is 3.83. The predicted molar refractivity (Wildman–Crippen MR) is 126 cm³/mol. The van der Waals surface area contributed by atoms with Crippen LogP contribution in [0.2, 0.25) is 5.15 Å². The fraction of sp³-hybridized carbons (Fsp3) is 0.160. The molecule has 0 unspecified atom stereocenters. The van der Waals surface area contributed by atoms with Gasteiger partial charge >= 0.3 is 5.97 Å². The summed E-state index contributed by atoms with van der Waals surface area (Å²) in [5.41, 5.74) is 1.75. The number of fused-ring (bicyclic) bond motifs is 1. The molecule has 34 heavy (non-hydrogen) atoms. The molecule has 2 heterocycles. The number of rotatable bonds is 5. The lowest BCUT2D eigenvalue weighted by Crippen LogP contribution is -2.14. The molecule has 4 aromatic rings. The van der Waals surface area contributed by atoms with E-state index in [-0.39, 0.29) is 44.4 Å². The summed E-state index contributed by atoms with van der Waals surface area (Å²) in [5, 5.41) is 12.9. The Kier molecular flexibility index (Phi) is 6.10. The number of aromatic carboxylic acids is 1. The number of anilines is 1. The van der Waals surface area contributed by atoms with Gasteiger partial charge in [-0.2, -0.15) is 0 Å². The molecular formula is C25H19ClF2N2O4. The van der Waals surface area contributed by atoms with Crippen molar-refractivity contribution in [2.45, 2.75) is 26.8 Å². The van der Waals surface area contributed by atoms with Crippen molar-refractivity contribution in [3.05, 3.63) is 91.9 Å². The molecule has 0 aliphatic rings. The molecule has 0 amide bonds. The van der Waals surface area contributed by atoms with Gasteiger partial charge in [0, 0.05) is 16.7 Å². The van der Waals surface area contributed by atoms with Gasteiger partial charge in [-0.25, -0.2) is 18.6 Å². The van der Waals surface area contributed by atoms with Gasteiger partial charge < -0.3 is 14.8 Å². The van der Waals surface area contributed by atoms with Gasteiger partial charge in [0.1, 0.15) is 16.5 Å². The maximum absolute atomic E-state index is 13.9. The lowest BCUT2D eigenvalue weighted by molar-refractivity contribution is 0.0691. The van der Waals surface area contributed by atoms with Crippen molar-refractivity contribution >= 4 is 34.2 Å². The van der Waals surface area contributed by atoms with Crippen LogP contribution in [0.25, 0.3) is 22.3 Å². The molecule has 2 N–H and O–H groups in total. The molecule has 0 fully saturated rings. The number of aromatic nitrogens is 1. The highest BCUT2D eigenvalue weighted by molar-refractivity contribution is 6.29. The van der Waals surface area contributed by atoms with E-state index in [1.54, 1.807) is 26.0 Å². The molecule has 0 saturated heterocycles. The van der Waals surface area contributed by atoms with E-state index in [0.717, 1.165) is 17.7 Å². The Balaban J connectivity index is 1.89.